The van der Waals surface area contributed by atoms with Crippen LogP contribution in [-0.2, 0) is 10.0 Å². The molecule has 3 rings (SSSR count). The molecule has 2 saturated carbocycles. The van der Waals surface area contributed by atoms with Crippen molar-refractivity contribution in [3.63, 3.8) is 0 Å². The Balaban J connectivity index is 1.45. The Bertz CT molecular complexity index is 615. The van der Waals surface area contributed by atoms with E-state index in [1.54, 1.807) is 0 Å². The molecule has 1 saturated heterocycles. The zero-order valence-corrected chi connectivity index (χ0v) is 16.0. The van der Waals surface area contributed by atoms with E-state index >= 15 is 0 Å². The summed E-state index contributed by atoms with van der Waals surface area (Å²) in [6, 6.07) is -0.730. The van der Waals surface area contributed by atoms with E-state index in [0.717, 1.165) is 25.7 Å². The first-order chi connectivity index (χ1) is 12.2. The summed E-state index contributed by atoms with van der Waals surface area (Å²) in [5.74, 6) is -2.52. The fraction of sp³-hybridized carbons (Fsp3) is 0.941. The van der Waals surface area contributed by atoms with E-state index < -0.39 is 15.9 Å². The molecule has 2 aliphatic carbocycles. The van der Waals surface area contributed by atoms with Gasteiger partial charge in [0, 0.05) is 38.0 Å². The average Bonchev–Trinajstić information content (AvgIpc) is 3.40. The number of sulfonamides is 1. The van der Waals surface area contributed by atoms with Crippen molar-refractivity contribution in [1.82, 2.24) is 14.9 Å². The largest absolute Gasteiger partial charge is 0.335 e. The predicted molar refractivity (Wildman–Crippen MR) is 94.6 cm³/mol. The lowest BCUT2D eigenvalue weighted by atomic mass is 9.82. The highest BCUT2D eigenvalue weighted by Crippen LogP contribution is 2.37. The highest BCUT2D eigenvalue weighted by Gasteiger charge is 2.42. The molecule has 0 aromatic rings. The van der Waals surface area contributed by atoms with Crippen molar-refractivity contribution in [3.8, 4) is 0 Å². The smallest absolute Gasteiger partial charge is 0.315 e. The lowest BCUT2D eigenvalue weighted by Crippen LogP contribution is -2.54. The van der Waals surface area contributed by atoms with Crippen LogP contribution in [0.25, 0.3) is 0 Å². The molecular formula is C17H29F2N3O3S. The molecule has 1 unspecified atom stereocenters. The lowest BCUT2D eigenvalue weighted by Gasteiger charge is -2.34. The van der Waals surface area contributed by atoms with E-state index in [4.69, 9.17) is 0 Å². The summed E-state index contributed by atoms with van der Waals surface area (Å²) in [7, 11) is -3.22. The number of alkyl halides is 2. The maximum absolute atomic E-state index is 13.3. The fourth-order valence-electron chi connectivity index (χ4n) is 3.98. The van der Waals surface area contributed by atoms with Gasteiger partial charge in [0.05, 0.1) is 5.25 Å². The molecule has 6 nitrogen and oxygen atoms in total. The van der Waals surface area contributed by atoms with Gasteiger partial charge < -0.3 is 10.6 Å². The van der Waals surface area contributed by atoms with Crippen LogP contribution in [0, 0.1) is 5.92 Å². The summed E-state index contributed by atoms with van der Waals surface area (Å²) in [6.45, 7) is 2.68. The molecule has 26 heavy (non-hydrogen) atoms. The molecule has 1 heterocycles. The van der Waals surface area contributed by atoms with Crippen molar-refractivity contribution in [1.29, 1.82) is 0 Å². The molecule has 0 spiro atoms. The summed E-state index contributed by atoms with van der Waals surface area (Å²) in [5.41, 5.74) is 0. The minimum Gasteiger partial charge on any atom is -0.335 e. The quantitative estimate of drug-likeness (QED) is 0.753. The zero-order chi connectivity index (χ0) is 18.9. The molecule has 150 valence electrons. The molecule has 2 atom stereocenters. The Labute approximate surface area is 154 Å². The van der Waals surface area contributed by atoms with E-state index in [1.165, 1.54) is 4.31 Å². The molecule has 2 N–H and O–H groups in total. The highest BCUT2D eigenvalue weighted by molar-refractivity contribution is 7.90. The lowest BCUT2D eigenvalue weighted by molar-refractivity contribution is -0.0484. The third-order valence-corrected chi connectivity index (χ3v) is 8.22. The van der Waals surface area contributed by atoms with Crippen LogP contribution in [0.1, 0.15) is 58.3 Å². The number of nitrogens with one attached hydrogen (secondary N) is 2. The van der Waals surface area contributed by atoms with E-state index in [0.29, 0.717) is 25.9 Å². The summed E-state index contributed by atoms with van der Waals surface area (Å²) in [6.07, 6.45) is 3.50. The van der Waals surface area contributed by atoms with Gasteiger partial charge in [0.1, 0.15) is 0 Å². The molecule has 1 aliphatic heterocycles. The van der Waals surface area contributed by atoms with Gasteiger partial charge in [-0.15, -0.1) is 0 Å². The van der Waals surface area contributed by atoms with Gasteiger partial charge in [-0.1, -0.05) is 0 Å². The van der Waals surface area contributed by atoms with Gasteiger partial charge in [-0.05, 0) is 51.4 Å². The van der Waals surface area contributed by atoms with E-state index in [1.807, 2.05) is 6.92 Å². The molecule has 0 bridgehead atoms. The number of amides is 2. The predicted octanol–water partition coefficient (Wildman–Crippen LogP) is 2.46. The second-order valence-electron chi connectivity index (χ2n) is 8.04. The third kappa shape index (κ3) is 4.85. The maximum atomic E-state index is 13.3. The Morgan fingerprint density at radius 2 is 1.81 bits per heavy atom. The Kier molecular flexibility index (Phi) is 5.77. The first-order valence-corrected chi connectivity index (χ1v) is 11.1. The van der Waals surface area contributed by atoms with E-state index in [2.05, 4.69) is 10.6 Å². The van der Waals surface area contributed by atoms with Crippen molar-refractivity contribution in [2.75, 3.05) is 13.1 Å². The average molecular weight is 394 g/mol. The first kappa shape index (κ1) is 19.8. The Hall–Kier alpha value is -0.960. The van der Waals surface area contributed by atoms with Crippen LogP contribution in [0.15, 0.2) is 0 Å². The van der Waals surface area contributed by atoms with Crippen molar-refractivity contribution in [3.05, 3.63) is 0 Å². The second kappa shape index (κ2) is 7.58. The summed E-state index contributed by atoms with van der Waals surface area (Å²) >= 11 is 0. The van der Waals surface area contributed by atoms with Crippen molar-refractivity contribution < 1.29 is 22.0 Å². The van der Waals surface area contributed by atoms with Gasteiger partial charge in [0.2, 0.25) is 15.9 Å². The standard InChI is InChI=1S/C17H29F2N3O3S/c1-12(13-6-8-17(18,19)9-7-13)20-16(23)21-14-3-2-10-22(11-14)26(24,25)15-4-5-15/h12-15H,2-11H2,1H3,(H2,20,21,23)/t12?,14-/m1/s1. The van der Waals surface area contributed by atoms with Gasteiger partial charge in [0.15, 0.2) is 0 Å². The number of hydrogen-bond donors (Lipinski definition) is 2. The van der Waals surface area contributed by atoms with Crippen molar-refractivity contribution in [2.24, 2.45) is 5.92 Å². The number of hydrogen-bond acceptors (Lipinski definition) is 3. The van der Waals surface area contributed by atoms with Crippen molar-refractivity contribution in [2.45, 2.75) is 81.5 Å². The van der Waals surface area contributed by atoms with Crippen LogP contribution in [0.4, 0.5) is 13.6 Å². The molecule has 0 aromatic heterocycles. The summed E-state index contributed by atoms with van der Waals surface area (Å²) < 4.78 is 52.7. The molecular weight excluding hydrogens is 364 g/mol. The van der Waals surface area contributed by atoms with Crippen LogP contribution in [0.3, 0.4) is 0 Å². The van der Waals surface area contributed by atoms with E-state index in [-0.39, 0.29) is 42.1 Å². The molecule has 3 aliphatic rings. The number of piperidine rings is 1. The van der Waals surface area contributed by atoms with Gasteiger partial charge >= 0.3 is 6.03 Å². The highest BCUT2D eigenvalue weighted by atomic mass is 32.2. The third-order valence-electron chi connectivity index (χ3n) is 5.85. The van der Waals surface area contributed by atoms with Crippen LogP contribution >= 0.6 is 0 Å². The van der Waals surface area contributed by atoms with Crippen molar-refractivity contribution >= 4 is 16.1 Å². The Morgan fingerprint density at radius 3 is 2.42 bits per heavy atom. The van der Waals surface area contributed by atoms with Crippen LogP contribution < -0.4 is 10.6 Å². The number of halogens is 2. The summed E-state index contributed by atoms with van der Waals surface area (Å²) in [4.78, 5) is 12.3. The molecule has 2 amide bonds. The minimum atomic E-state index is -3.22. The maximum Gasteiger partial charge on any atom is 0.315 e. The van der Waals surface area contributed by atoms with Crippen LogP contribution in [-0.4, -0.2) is 55.1 Å². The fourth-order valence-corrected chi connectivity index (χ4v) is 5.91. The van der Waals surface area contributed by atoms with E-state index in [9.17, 15) is 22.0 Å². The van der Waals surface area contributed by atoms with Crippen LogP contribution in [0.5, 0.6) is 0 Å². The first-order valence-electron chi connectivity index (χ1n) is 9.61. The normalized spacial score (nSPS) is 29.1. The second-order valence-corrected chi connectivity index (χ2v) is 10.3. The van der Waals surface area contributed by atoms with Crippen LogP contribution in [0.2, 0.25) is 0 Å². The monoisotopic (exact) mass is 393 g/mol. The Morgan fingerprint density at radius 1 is 1.15 bits per heavy atom. The number of nitrogens with zero attached hydrogens (tertiary/aromatic N) is 1. The minimum absolute atomic E-state index is 0.0541. The molecule has 9 heteroatoms. The molecule has 0 radical (unpaired) electrons. The number of carbonyl (C=O) groups is 1. The molecule has 0 aromatic carbocycles. The van der Waals surface area contributed by atoms with Gasteiger partial charge in [-0.3, -0.25) is 0 Å². The molecule has 3 fully saturated rings. The SMILES string of the molecule is CC(NC(=O)N[C@@H]1CCCN(S(=O)(=O)C2CC2)C1)C1CCC(F)(F)CC1. The number of urea groups is 1. The van der Waals surface area contributed by atoms with Gasteiger partial charge in [-0.2, -0.15) is 4.31 Å². The summed E-state index contributed by atoms with van der Waals surface area (Å²) in [5, 5.41) is 5.48. The number of carbonyl (C=O) groups excluding carboxylic acids is 1. The van der Waals surface area contributed by atoms with Gasteiger partial charge in [-0.25, -0.2) is 22.0 Å². The van der Waals surface area contributed by atoms with Gasteiger partial charge in [0.25, 0.3) is 0 Å². The number of rotatable bonds is 5. The zero-order valence-electron chi connectivity index (χ0n) is 15.2. The topological polar surface area (TPSA) is 78.5 Å².